The molecule has 0 amide bonds. The van der Waals surface area contributed by atoms with E-state index < -0.39 is 11.6 Å². The second kappa shape index (κ2) is 8.11. The van der Waals surface area contributed by atoms with Gasteiger partial charge in [0.1, 0.15) is 5.82 Å². The Hall–Kier alpha value is -2.03. The third-order valence-electron chi connectivity index (χ3n) is 5.56. The van der Waals surface area contributed by atoms with Gasteiger partial charge >= 0.3 is 0 Å². The van der Waals surface area contributed by atoms with Crippen molar-refractivity contribution in [3.8, 4) is 0 Å². The summed E-state index contributed by atoms with van der Waals surface area (Å²) in [6.07, 6.45) is 8.12. The van der Waals surface area contributed by atoms with Gasteiger partial charge in [0.15, 0.2) is 11.6 Å². The van der Waals surface area contributed by atoms with Gasteiger partial charge in [-0.3, -0.25) is 0 Å². The van der Waals surface area contributed by atoms with Crippen molar-refractivity contribution in [3.63, 3.8) is 0 Å². The van der Waals surface area contributed by atoms with Gasteiger partial charge < -0.3 is 0 Å². The Morgan fingerprint density at radius 3 is 2.35 bits per heavy atom. The normalized spacial score (nSPS) is 20.7. The van der Waals surface area contributed by atoms with Crippen LogP contribution in [-0.4, -0.2) is 0 Å². The average molecular weight is 358 g/mol. The molecule has 0 bridgehead atoms. The zero-order chi connectivity index (χ0) is 18.7. The highest BCUT2D eigenvalue weighted by atomic mass is 19.2. The summed E-state index contributed by atoms with van der Waals surface area (Å²) >= 11 is 0. The highest BCUT2D eigenvalue weighted by Crippen LogP contribution is 2.37. The largest absolute Gasteiger partial charge is 0.207 e. The van der Waals surface area contributed by atoms with Crippen LogP contribution >= 0.6 is 0 Å². The van der Waals surface area contributed by atoms with E-state index in [0.717, 1.165) is 31.2 Å². The molecule has 0 heterocycles. The summed E-state index contributed by atoms with van der Waals surface area (Å²) in [6, 6.07) is 8.82. The summed E-state index contributed by atoms with van der Waals surface area (Å²) in [4.78, 5) is 0. The predicted octanol–water partition coefficient (Wildman–Crippen LogP) is 6.96. The molecule has 26 heavy (non-hydrogen) atoms. The van der Waals surface area contributed by atoms with Gasteiger partial charge in [-0.05, 0) is 73.6 Å². The van der Waals surface area contributed by atoms with Crippen LogP contribution in [0.2, 0.25) is 0 Å². The molecule has 3 heteroatoms. The minimum absolute atomic E-state index is 0.141. The molecule has 0 spiro atoms. The van der Waals surface area contributed by atoms with Crippen LogP contribution in [0.4, 0.5) is 13.2 Å². The number of rotatable bonds is 4. The lowest BCUT2D eigenvalue weighted by atomic mass is 9.78. The fourth-order valence-electron chi connectivity index (χ4n) is 3.75. The van der Waals surface area contributed by atoms with Crippen LogP contribution in [0.1, 0.15) is 60.8 Å². The lowest BCUT2D eigenvalue weighted by Crippen LogP contribution is -2.12. The smallest absolute Gasteiger partial charge is 0.166 e. The van der Waals surface area contributed by atoms with Gasteiger partial charge in [-0.2, -0.15) is 0 Å². The molecular formula is C23H25F3. The van der Waals surface area contributed by atoms with Gasteiger partial charge in [0.2, 0.25) is 0 Å². The number of benzene rings is 2. The van der Waals surface area contributed by atoms with Crippen molar-refractivity contribution >= 4 is 6.08 Å². The second-order valence-corrected chi connectivity index (χ2v) is 7.27. The molecule has 2 aromatic rings. The summed E-state index contributed by atoms with van der Waals surface area (Å²) < 4.78 is 41.8. The molecule has 1 fully saturated rings. The first-order valence-electron chi connectivity index (χ1n) is 9.40. The van der Waals surface area contributed by atoms with Crippen LogP contribution in [0.3, 0.4) is 0 Å². The first-order chi connectivity index (χ1) is 12.5. The third-order valence-corrected chi connectivity index (χ3v) is 5.56. The summed E-state index contributed by atoms with van der Waals surface area (Å²) in [5.74, 6) is -0.899. The first-order valence-corrected chi connectivity index (χ1v) is 9.40. The van der Waals surface area contributed by atoms with Gasteiger partial charge in [-0.15, -0.1) is 0 Å². The zero-order valence-corrected chi connectivity index (χ0v) is 15.4. The Morgan fingerprint density at radius 1 is 0.962 bits per heavy atom. The number of allylic oxidation sites excluding steroid dienone is 1. The molecule has 2 aromatic carbocycles. The summed E-state index contributed by atoms with van der Waals surface area (Å²) in [7, 11) is 0. The van der Waals surface area contributed by atoms with Crippen LogP contribution in [0, 0.1) is 30.3 Å². The third kappa shape index (κ3) is 4.03. The van der Waals surface area contributed by atoms with Gasteiger partial charge in [-0.25, -0.2) is 13.2 Å². The summed E-state index contributed by atoms with van der Waals surface area (Å²) in [5, 5.41) is 0. The quantitative estimate of drug-likeness (QED) is 0.554. The summed E-state index contributed by atoms with van der Waals surface area (Å²) in [5.41, 5.74) is 2.46. The Kier molecular flexibility index (Phi) is 5.85. The van der Waals surface area contributed by atoms with E-state index in [1.54, 1.807) is 31.2 Å². The van der Waals surface area contributed by atoms with E-state index in [1.807, 2.05) is 25.1 Å². The van der Waals surface area contributed by atoms with Crippen LogP contribution in [0.25, 0.3) is 6.08 Å². The van der Waals surface area contributed by atoms with Gasteiger partial charge in [0, 0.05) is 5.56 Å². The predicted molar refractivity (Wildman–Crippen MR) is 101 cm³/mol. The van der Waals surface area contributed by atoms with E-state index in [9.17, 15) is 13.2 Å². The molecule has 0 aromatic heterocycles. The van der Waals surface area contributed by atoms with Crippen molar-refractivity contribution in [2.45, 2.75) is 51.9 Å². The van der Waals surface area contributed by atoms with E-state index >= 15 is 0 Å². The molecule has 0 unspecified atom stereocenters. The van der Waals surface area contributed by atoms with Crippen LogP contribution in [0.5, 0.6) is 0 Å². The second-order valence-electron chi connectivity index (χ2n) is 7.27. The molecule has 3 rings (SSSR count). The van der Waals surface area contributed by atoms with Crippen molar-refractivity contribution in [3.05, 3.63) is 76.1 Å². The van der Waals surface area contributed by atoms with Crippen molar-refractivity contribution < 1.29 is 13.2 Å². The van der Waals surface area contributed by atoms with Gasteiger partial charge in [0.25, 0.3) is 0 Å². The standard InChI is InChI=1S/C23H25F3/c1-3-17-12-13-19(23(26)22(17)25)11-7-16-5-9-18(10-6-16)20-8-4-15(2)21(24)14-20/h4,7-8,11-14,16,18H,3,5-6,9-10H2,1-2H3/b11-7+. The highest BCUT2D eigenvalue weighted by Gasteiger charge is 2.21. The minimum Gasteiger partial charge on any atom is -0.207 e. The molecule has 0 saturated heterocycles. The number of hydrogen-bond donors (Lipinski definition) is 0. The Balaban J connectivity index is 1.63. The topological polar surface area (TPSA) is 0 Å². The lowest BCUT2D eigenvalue weighted by Gasteiger charge is -2.27. The fourth-order valence-corrected chi connectivity index (χ4v) is 3.75. The Labute approximate surface area is 153 Å². The first kappa shape index (κ1) is 18.8. The van der Waals surface area contributed by atoms with Crippen molar-refractivity contribution in [1.29, 1.82) is 0 Å². The van der Waals surface area contributed by atoms with Crippen LogP contribution < -0.4 is 0 Å². The molecule has 1 aliphatic carbocycles. The SMILES string of the molecule is CCc1ccc(/C=C/C2CCC(c3ccc(C)c(F)c3)CC2)c(F)c1F. The van der Waals surface area contributed by atoms with Gasteiger partial charge in [0.05, 0.1) is 0 Å². The van der Waals surface area contributed by atoms with Crippen molar-refractivity contribution in [1.82, 2.24) is 0 Å². The number of hydrogen-bond acceptors (Lipinski definition) is 0. The molecule has 0 nitrogen and oxygen atoms in total. The van der Waals surface area contributed by atoms with Crippen LogP contribution in [-0.2, 0) is 6.42 Å². The molecule has 0 aliphatic heterocycles. The zero-order valence-electron chi connectivity index (χ0n) is 15.4. The maximum absolute atomic E-state index is 14.1. The molecule has 1 aliphatic rings. The number of halogens is 3. The van der Waals surface area contributed by atoms with Gasteiger partial charge in [-0.1, -0.05) is 43.3 Å². The minimum atomic E-state index is -0.760. The maximum Gasteiger partial charge on any atom is 0.166 e. The molecule has 1 saturated carbocycles. The Bertz CT molecular complexity index is 799. The van der Waals surface area contributed by atoms with Crippen LogP contribution in [0.15, 0.2) is 36.4 Å². The van der Waals surface area contributed by atoms with E-state index in [0.29, 0.717) is 34.9 Å². The molecular weight excluding hydrogens is 333 g/mol. The van der Waals surface area contributed by atoms with Crippen molar-refractivity contribution in [2.75, 3.05) is 0 Å². The van der Waals surface area contributed by atoms with Crippen molar-refractivity contribution in [2.24, 2.45) is 5.92 Å². The van der Waals surface area contributed by atoms with E-state index in [1.165, 1.54) is 0 Å². The molecule has 0 radical (unpaired) electrons. The number of aryl methyl sites for hydroxylation is 2. The molecule has 0 N–H and O–H groups in total. The molecule has 138 valence electrons. The summed E-state index contributed by atoms with van der Waals surface area (Å²) in [6.45, 7) is 3.58. The average Bonchev–Trinajstić information content (AvgIpc) is 2.66. The molecule has 0 atom stereocenters. The van der Waals surface area contributed by atoms with E-state index in [2.05, 4.69) is 0 Å². The maximum atomic E-state index is 14.1. The van der Waals surface area contributed by atoms with E-state index in [-0.39, 0.29) is 5.82 Å². The highest BCUT2D eigenvalue weighted by molar-refractivity contribution is 5.51. The van der Waals surface area contributed by atoms with E-state index in [4.69, 9.17) is 0 Å². The Morgan fingerprint density at radius 2 is 1.69 bits per heavy atom. The monoisotopic (exact) mass is 358 g/mol. The lowest BCUT2D eigenvalue weighted by molar-refractivity contribution is 0.376. The fraction of sp³-hybridized carbons (Fsp3) is 0.391.